The van der Waals surface area contributed by atoms with Gasteiger partial charge < -0.3 is 16.3 Å². The van der Waals surface area contributed by atoms with Gasteiger partial charge in [0, 0.05) is 18.5 Å². The highest BCUT2D eigenvalue weighted by Gasteiger charge is 2.45. The molecular weight excluding hydrogens is 202 g/mol. The Labute approximate surface area is 97.3 Å². The Balaban J connectivity index is 1.81. The molecule has 16 heavy (non-hydrogen) atoms. The second-order valence-electron chi connectivity index (χ2n) is 5.61. The SMILES string of the molecule is CCC1(NCC2(CC(N)=NO)CC2)CCC1. The molecule has 0 spiro atoms. The summed E-state index contributed by atoms with van der Waals surface area (Å²) < 4.78 is 0. The van der Waals surface area contributed by atoms with Crippen LogP contribution in [-0.4, -0.2) is 23.1 Å². The highest BCUT2D eigenvalue weighted by molar-refractivity contribution is 5.80. The molecule has 2 aliphatic carbocycles. The van der Waals surface area contributed by atoms with Crippen LogP contribution in [0.25, 0.3) is 0 Å². The molecule has 0 aromatic heterocycles. The minimum atomic E-state index is 0.286. The Kier molecular flexibility index (Phi) is 3.10. The molecule has 2 fully saturated rings. The third-order valence-electron chi connectivity index (χ3n) is 4.47. The molecule has 0 amide bonds. The molecular formula is C12H23N3O. The fourth-order valence-electron chi connectivity index (χ4n) is 2.65. The molecule has 0 radical (unpaired) electrons. The van der Waals surface area contributed by atoms with Crippen molar-refractivity contribution in [2.24, 2.45) is 16.3 Å². The Morgan fingerprint density at radius 3 is 2.44 bits per heavy atom. The number of nitrogens with zero attached hydrogens (tertiary/aromatic N) is 1. The van der Waals surface area contributed by atoms with E-state index in [1.165, 1.54) is 38.5 Å². The van der Waals surface area contributed by atoms with Crippen LogP contribution in [0.4, 0.5) is 0 Å². The van der Waals surface area contributed by atoms with Crippen LogP contribution in [-0.2, 0) is 0 Å². The molecule has 2 saturated carbocycles. The predicted octanol–water partition coefficient (Wildman–Crippen LogP) is 1.83. The lowest BCUT2D eigenvalue weighted by Gasteiger charge is -2.43. The van der Waals surface area contributed by atoms with Crippen LogP contribution in [0.3, 0.4) is 0 Å². The van der Waals surface area contributed by atoms with Crippen molar-refractivity contribution >= 4 is 5.84 Å². The highest BCUT2D eigenvalue weighted by Crippen LogP contribution is 2.49. The maximum Gasteiger partial charge on any atom is 0.139 e. The van der Waals surface area contributed by atoms with Crippen molar-refractivity contribution in [1.29, 1.82) is 0 Å². The molecule has 0 aromatic rings. The number of rotatable bonds is 6. The first-order chi connectivity index (χ1) is 7.64. The third-order valence-corrected chi connectivity index (χ3v) is 4.47. The monoisotopic (exact) mass is 225 g/mol. The van der Waals surface area contributed by atoms with E-state index in [1.807, 2.05) is 0 Å². The molecule has 4 heteroatoms. The van der Waals surface area contributed by atoms with Crippen molar-refractivity contribution in [3.05, 3.63) is 0 Å². The molecule has 2 aliphatic rings. The van der Waals surface area contributed by atoms with Crippen molar-refractivity contribution in [2.75, 3.05) is 6.54 Å². The summed E-state index contributed by atoms with van der Waals surface area (Å²) in [5.41, 5.74) is 6.28. The molecule has 0 atom stereocenters. The van der Waals surface area contributed by atoms with Gasteiger partial charge in [-0.15, -0.1) is 0 Å². The van der Waals surface area contributed by atoms with Crippen LogP contribution in [0, 0.1) is 5.41 Å². The number of hydrogen-bond acceptors (Lipinski definition) is 3. The second kappa shape index (κ2) is 4.24. The van der Waals surface area contributed by atoms with E-state index < -0.39 is 0 Å². The van der Waals surface area contributed by atoms with Gasteiger partial charge in [0.15, 0.2) is 0 Å². The fourth-order valence-corrected chi connectivity index (χ4v) is 2.65. The molecule has 4 nitrogen and oxygen atoms in total. The average Bonchev–Trinajstić information content (AvgIpc) is 2.97. The van der Waals surface area contributed by atoms with Crippen LogP contribution >= 0.6 is 0 Å². The summed E-state index contributed by atoms with van der Waals surface area (Å²) in [6.45, 7) is 3.28. The van der Waals surface area contributed by atoms with Gasteiger partial charge in [0.25, 0.3) is 0 Å². The van der Waals surface area contributed by atoms with Crippen molar-refractivity contribution < 1.29 is 5.21 Å². The van der Waals surface area contributed by atoms with E-state index in [0.29, 0.717) is 11.4 Å². The Morgan fingerprint density at radius 2 is 2.06 bits per heavy atom. The molecule has 0 bridgehead atoms. The maximum absolute atomic E-state index is 8.60. The van der Waals surface area contributed by atoms with Gasteiger partial charge in [0.2, 0.25) is 0 Å². The molecule has 92 valence electrons. The lowest BCUT2D eigenvalue weighted by atomic mass is 9.74. The first-order valence-electron chi connectivity index (χ1n) is 6.35. The minimum Gasteiger partial charge on any atom is -0.409 e. The van der Waals surface area contributed by atoms with Gasteiger partial charge >= 0.3 is 0 Å². The Hall–Kier alpha value is -0.770. The minimum absolute atomic E-state index is 0.286. The molecule has 0 unspecified atom stereocenters. The summed E-state index contributed by atoms with van der Waals surface area (Å²) in [6, 6.07) is 0. The first-order valence-corrected chi connectivity index (χ1v) is 6.35. The lowest BCUT2D eigenvalue weighted by Crippen LogP contribution is -2.52. The zero-order valence-electron chi connectivity index (χ0n) is 10.1. The summed E-state index contributed by atoms with van der Waals surface area (Å²) >= 11 is 0. The summed E-state index contributed by atoms with van der Waals surface area (Å²) in [5.74, 6) is 0.374. The van der Waals surface area contributed by atoms with Crippen LogP contribution in [0.15, 0.2) is 5.16 Å². The summed E-state index contributed by atoms with van der Waals surface area (Å²) in [7, 11) is 0. The van der Waals surface area contributed by atoms with E-state index in [0.717, 1.165) is 13.0 Å². The quantitative estimate of drug-likeness (QED) is 0.279. The normalized spacial score (nSPS) is 26.2. The van der Waals surface area contributed by atoms with Crippen molar-refractivity contribution in [2.45, 2.75) is 57.4 Å². The van der Waals surface area contributed by atoms with E-state index in [-0.39, 0.29) is 5.41 Å². The zero-order chi connectivity index (χ0) is 11.6. The van der Waals surface area contributed by atoms with Gasteiger partial charge in [-0.3, -0.25) is 0 Å². The molecule has 0 aliphatic heterocycles. The number of oxime groups is 1. The highest BCUT2D eigenvalue weighted by atomic mass is 16.4. The zero-order valence-corrected chi connectivity index (χ0v) is 10.1. The van der Waals surface area contributed by atoms with E-state index in [1.54, 1.807) is 0 Å². The molecule has 4 N–H and O–H groups in total. The molecule has 0 heterocycles. The number of nitrogens with two attached hydrogens (primary N) is 1. The first kappa shape index (κ1) is 11.7. The molecule has 2 rings (SSSR count). The summed E-state index contributed by atoms with van der Waals surface area (Å²) in [4.78, 5) is 0. The van der Waals surface area contributed by atoms with Gasteiger partial charge in [-0.2, -0.15) is 0 Å². The third kappa shape index (κ3) is 2.32. The Morgan fingerprint density at radius 1 is 1.38 bits per heavy atom. The van der Waals surface area contributed by atoms with Crippen molar-refractivity contribution in [3.8, 4) is 0 Å². The number of amidine groups is 1. The fraction of sp³-hybridized carbons (Fsp3) is 0.917. The summed E-state index contributed by atoms with van der Waals surface area (Å²) in [5, 5.41) is 15.4. The average molecular weight is 225 g/mol. The molecule has 0 aromatic carbocycles. The van der Waals surface area contributed by atoms with Gasteiger partial charge in [-0.25, -0.2) is 0 Å². The van der Waals surface area contributed by atoms with Crippen LogP contribution in [0.5, 0.6) is 0 Å². The second-order valence-corrected chi connectivity index (χ2v) is 5.61. The van der Waals surface area contributed by atoms with Crippen LogP contribution < -0.4 is 11.1 Å². The van der Waals surface area contributed by atoms with Crippen molar-refractivity contribution in [3.63, 3.8) is 0 Å². The van der Waals surface area contributed by atoms with Gasteiger partial charge in [0.1, 0.15) is 5.84 Å². The Bertz CT molecular complexity index is 274. The predicted molar refractivity (Wildman–Crippen MR) is 64.6 cm³/mol. The standard InChI is InChI=1S/C12H23N3O/c1-2-12(4-3-5-12)14-9-11(6-7-11)8-10(13)15-16/h14,16H,2-9H2,1H3,(H2,13,15). The largest absolute Gasteiger partial charge is 0.409 e. The van der Waals surface area contributed by atoms with Crippen LogP contribution in [0.2, 0.25) is 0 Å². The van der Waals surface area contributed by atoms with Crippen molar-refractivity contribution in [1.82, 2.24) is 5.32 Å². The summed E-state index contributed by atoms with van der Waals surface area (Å²) in [6.07, 6.45) is 8.33. The van der Waals surface area contributed by atoms with E-state index in [2.05, 4.69) is 17.4 Å². The number of nitrogens with one attached hydrogen (secondary N) is 1. The maximum atomic E-state index is 8.60. The van der Waals surface area contributed by atoms with E-state index >= 15 is 0 Å². The van der Waals surface area contributed by atoms with Gasteiger partial charge in [-0.05, 0) is 43.9 Å². The van der Waals surface area contributed by atoms with E-state index in [9.17, 15) is 0 Å². The number of hydrogen-bond donors (Lipinski definition) is 3. The topological polar surface area (TPSA) is 70.6 Å². The smallest absolute Gasteiger partial charge is 0.139 e. The van der Waals surface area contributed by atoms with Gasteiger partial charge in [0.05, 0.1) is 0 Å². The lowest BCUT2D eigenvalue weighted by molar-refractivity contribution is 0.165. The molecule has 0 saturated heterocycles. The van der Waals surface area contributed by atoms with Gasteiger partial charge in [-0.1, -0.05) is 12.1 Å². The van der Waals surface area contributed by atoms with Crippen LogP contribution in [0.1, 0.15) is 51.9 Å². The van der Waals surface area contributed by atoms with E-state index in [4.69, 9.17) is 10.9 Å².